The molecule has 0 fully saturated rings. The van der Waals surface area contributed by atoms with Crippen molar-refractivity contribution in [2.24, 2.45) is 0 Å². The van der Waals surface area contributed by atoms with Crippen LogP contribution in [0.1, 0.15) is 34.6 Å². The molecular formula is C16H14FN5OS. The minimum absolute atomic E-state index is 0.286. The van der Waals surface area contributed by atoms with Gasteiger partial charge in [-0.2, -0.15) is 5.10 Å². The van der Waals surface area contributed by atoms with Gasteiger partial charge in [0.15, 0.2) is 5.69 Å². The fourth-order valence-corrected chi connectivity index (χ4v) is 3.40. The summed E-state index contributed by atoms with van der Waals surface area (Å²) in [5.41, 5.74) is 4.71. The number of rotatable bonds is 3. The van der Waals surface area contributed by atoms with Gasteiger partial charge in [-0.05, 0) is 49.9 Å². The van der Waals surface area contributed by atoms with Crippen molar-refractivity contribution in [1.29, 1.82) is 0 Å². The monoisotopic (exact) mass is 343 g/mol. The fraction of sp³-hybridized carbons (Fsp3) is 0.250. The Bertz CT molecular complexity index is 873. The third-order valence-electron chi connectivity index (χ3n) is 4.05. The average Bonchev–Trinajstić information content (AvgIpc) is 3.23. The molecule has 24 heavy (non-hydrogen) atoms. The Morgan fingerprint density at radius 2 is 2.00 bits per heavy atom. The number of amides is 1. The van der Waals surface area contributed by atoms with Gasteiger partial charge in [-0.25, -0.2) is 9.07 Å². The minimum atomic E-state index is -0.297. The predicted molar refractivity (Wildman–Crippen MR) is 88.0 cm³/mol. The maximum atomic E-state index is 13.2. The van der Waals surface area contributed by atoms with E-state index in [-0.39, 0.29) is 11.7 Å². The number of anilines is 1. The van der Waals surface area contributed by atoms with Crippen LogP contribution in [0.25, 0.3) is 5.69 Å². The zero-order chi connectivity index (χ0) is 16.5. The van der Waals surface area contributed by atoms with Crippen LogP contribution in [-0.4, -0.2) is 25.9 Å². The van der Waals surface area contributed by atoms with Gasteiger partial charge in [-0.15, -0.1) is 10.2 Å². The molecule has 0 spiro atoms. The minimum Gasteiger partial charge on any atom is -0.295 e. The molecule has 122 valence electrons. The molecule has 0 aliphatic heterocycles. The van der Waals surface area contributed by atoms with E-state index in [2.05, 4.69) is 20.6 Å². The molecule has 8 heteroatoms. The highest BCUT2D eigenvalue weighted by atomic mass is 32.1. The lowest BCUT2D eigenvalue weighted by atomic mass is 9.95. The van der Waals surface area contributed by atoms with Gasteiger partial charge in [0.25, 0.3) is 5.91 Å². The summed E-state index contributed by atoms with van der Waals surface area (Å²) >= 11 is 1.26. The van der Waals surface area contributed by atoms with E-state index in [1.807, 2.05) is 0 Å². The zero-order valence-corrected chi connectivity index (χ0v) is 13.5. The first kappa shape index (κ1) is 14.9. The molecule has 4 rings (SSSR count). The Morgan fingerprint density at radius 1 is 1.21 bits per heavy atom. The van der Waals surface area contributed by atoms with Crippen molar-refractivity contribution >= 4 is 22.4 Å². The molecule has 2 aromatic heterocycles. The maximum absolute atomic E-state index is 13.2. The largest absolute Gasteiger partial charge is 0.295 e. The summed E-state index contributed by atoms with van der Waals surface area (Å²) in [4.78, 5) is 12.6. The Morgan fingerprint density at radius 3 is 2.75 bits per heavy atom. The van der Waals surface area contributed by atoms with E-state index in [0.717, 1.165) is 42.6 Å². The van der Waals surface area contributed by atoms with Crippen LogP contribution in [0.5, 0.6) is 0 Å². The molecule has 1 aliphatic carbocycles. The number of carbonyl (C=O) groups is 1. The highest BCUT2D eigenvalue weighted by molar-refractivity contribution is 7.13. The second-order valence-electron chi connectivity index (χ2n) is 5.57. The van der Waals surface area contributed by atoms with Crippen molar-refractivity contribution in [3.63, 3.8) is 0 Å². The van der Waals surface area contributed by atoms with Crippen LogP contribution in [0.3, 0.4) is 0 Å². The van der Waals surface area contributed by atoms with Gasteiger partial charge in [0.2, 0.25) is 5.13 Å². The van der Waals surface area contributed by atoms with Crippen LogP contribution < -0.4 is 5.32 Å². The molecule has 0 atom stereocenters. The number of hydrogen-bond acceptors (Lipinski definition) is 5. The number of hydrogen-bond donors (Lipinski definition) is 1. The summed E-state index contributed by atoms with van der Waals surface area (Å²) in [6, 6.07) is 6.13. The van der Waals surface area contributed by atoms with E-state index < -0.39 is 0 Å². The average molecular weight is 343 g/mol. The van der Waals surface area contributed by atoms with Crippen LogP contribution in [0.4, 0.5) is 9.52 Å². The molecule has 1 aliphatic rings. The van der Waals surface area contributed by atoms with Crippen molar-refractivity contribution < 1.29 is 9.18 Å². The van der Waals surface area contributed by atoms with E-state index in [4.69, 9.17) is 0 Å². The molecule has 0 radical (unpaired) electrons. The summed E-state index contributed by atoms with van der Waals surface area (Å²) in [5, 5.41) is 15.2. The number of halogens is 1. The van der Waals surface area contributed by atoms with Crippen molar-refractivity contribution in [1.82, 2.24) is 20.0 Å². The number of nitrogens with one attached hydrogen (secondary N) is 1. The summed E-state index contributed by atoms with van der Waals surface area (Å²) in [6.45, 7) is 0. The van der Waals surface area contributed by atoms with Gasteiger partial charge in [0, 0.05) is 11.3 Å². The predicted octanol–water partition coefficient (Wildman–Crippen LogP) is 2.99. The van der Waals surface area contributed by atoms with E-state index in [1.54, 1.807) is 22.3 Å². The number of carbonyl (C=O) groups excluding carboxylic acids is 1. The molecule has 0 unspecified atom stereocenters. The van der Waals surface area contributed by atoms with E-state index in [1.165, 1.54) is 23.5 Å². The molecular weight excluding hydrogens is 329 g/mol. The standard InChI is InChI=1S/C16H14FN5OS/c17-10-5-7-11(8-6-10)22-13-4-2-1-3-12(13)14(21-22)15(23)19-16-20-18-9-24-16/h5-9H,1-4H2,(H,19,20,23). The lowest BCUT2D eigenvalue weighted by molar-refractivity contribution is 0.102. The first-order valence-corrected chi connectivity index (χ1v) is 8.54. The van der Waals surface area contributed by atoms with Gasteiger partial charge < -0.3 is 0 Å². The Hall–Kier alpha value is -2.61. The number of aromatic nitrogens is 4. The Labute approximate surface area is 141 Å². The van der Waals surface area contributed by atoms with Gasteiger partial charge in [-0.3, -0.25) is 10.1 Å². The van der Waals surface area contributed by atoms with Gasteiger partial charge in [-0.1, -0.05) is 11.3 Å². The first-order valence-electron chi connectivity index (χ1n) is 7.66. The van der Waals surface area contributed by atoms with E-state index >= 15 is 0 Å². The SMILES string of the molecule is O=C(Nc1nncs1)c1nn(-c2ccc(F)cc2)c2c1CCCC2. The molecule has 3 aromatic rings. The third-order valence-corrected chi connectivity index (χ3v) is 4.65. The second kappa shape index (κ2) is 6.12. The summed E-state index contributed by atoms with van der Waals surface area (Å²) < 4.78 is 14.9. The molecule has 0 saturated heterocycles. The van der Waals surface area contributed by atoms with Gasteiger partial charge in [0.1, 0.15) is 11.3 Å². The number of nitrogens with zero attached hydrogens (tertiary/aromatic N) is 4. The van der Waals surface area contributed by atoms with Gasteiger partial charge >= 0.3 is 0 Å². The first-order chi connectivity index (χ1) is 11.7. The number of fused-ring (bicyclic) bond motifs is 1. The summed E-state index contributed by atoms with van der Waals surface area (Å²) in [5.74, 6) is -0.584. The quantitative estimate of drug-likeness (QED) is 0.793. The second-order valence-corrected chi connectivity index (χ2v) is 6.40. The molecule has 1 aromatic carbocycles. The highest BCUT2D eigenvalue weighted by Gasteiger charge is 2.26. The molecule has 1 amide bonds. The maximum Gasteiger partial charge on any atom is 0.278 e. The van der Waals surface area contributed by atoms with Crippen LogP contribution in [0.2, 0.25) is 0 Å². The summed E-state index contributed by atoms with van der Waals surface area (Å²) in [6.07, 6.45) is 3.75. The lowest BCUT2D eigenvalue weighted by Gasteiger charge is -2.14. The van der Waals surface area contributed by atoms with E-state index in [0.29, 0.717) is 10.8 Å². The fourth-order valence-electron chi connectivity index (χ4n) is 2.96. The normalized spacial score (nSPS) is 13.5. The van der Waals surface area contributed by atoms with Crippen LogP contribution in [-0.2, 0) is 12.8 Å². The highest BCUT2D eigenvalue weighted by Crippen LogP contribution is 2.27. The van der Waals surface area contributed by atoms with Crippen molar-refractivity contribution in [2.75, 3.05) is 5.32 Å². The molecule has 0 saturated carbocycles. The Kier molecular flexibility index (Phi) is 3.81. The van der Waals surface area contributed by atoms with Gasteiger partial charge in [0.05, 0.1) is 5.69 Å². The smallest absolute Gasteiger partial charge is 0.278 e. The van der Waals surface area contributed by atoms with Crippen molar-refractivity contribution in [2.45, 2.75) is 25.7 Å². The Balaban J connectivity index is 1.74. The molecule has 6 nitrogen and oxygen atoms in total. The third kappa shape index (κ3) is 2.69. The molecule has 2 heterocycles. The van der Waals surface area contributed by atoms with Crippen LogP contribution in [0.15, 0.2) is 29.8 Å². The lowest BCUT2D eigenvalue weighted by Crippen LogP contribution is -2.15. The van der Waals surface area contributed by atoms with Crippen molar-refractivity contribution in [3.8, 4) is 5.69 Å². The molecule has 0 bridgehead atoms. The van der Waals surface area contributed by atoms with Crippen molar-refractivity contribution in [3.05, 3.63) is 52.5 Å². The zero-order valence-electron chi connectivity index (χ0n) is 12.7. The van der Waals surface area contributed by atoms with E-state index in [9.17, 15) is 9.18 Å². The number of benzene rings is 1. The van der Waals surface area contributed by atoms with Crippen LogP contribution in [0, 0.1) is 5.82 Å². The van der Waals surface area contributed by atoms with Crippen LogP contribution >= 0.6 is 11.3 Å². The molecule has 1 N–H and O–H groups in total. The summed E-state index contributed by atoms with van der Waals surface area (Å²) in [7, 11) is 0. The topological polar surface area (TPSA) is 72.7 Å².